The van der Waals surface area contributed by atoms with Crippen LogP contribution in [0.3, 0.4) is 0 Å². The van der Waals surface area contributed by atoms with E-state index in [1.54, 1.807) is 25.4 Å². The number of halogens is 1. The first-order valence-electron chi connectivity index (χ1n) is 12.5. The second kappa shape index (κ2) is 11.5. The first-order valence-corrected chi connectivity index (χ1v) is 12.5. The highest BCUT2D eigenvalue weighted by Crippen LogP contribution is 2.26. The molecule has 0 radical (unpaired) electrons. The minimum atomic E-state index is -0.341. The summed E-state index contributed by atoms with van der Waals surface area (Å²) in [7, 11) is 0. The van der Waals surface area contributed by atoms with Gasteiger partial charge in [0, 0.05) is 43.7 Å². The predicted octanol–water partition coefficient (Wildman–Crippen LogP) is 4.35. The molecule has 4 heterocycles. The maximum atomic E-state index is 14.4. The number of nitrogens with zero attached hydrogens (tertiary/aromatic N) is 3. The number of nitrogens with one attached hydrogen (secondary N) is 3. The molecule has 0 aliphatic carbocycles. The van der Waals surface area contributed by atoms with Gasteiger partial charge in [0.1, 0.15) is 11.6 Å². The van der Waals surface area contributed by atoms with Crippen LogP contribution in [0.1, 0.15) is 28.9 Å². The summed E-state index contributed by atoms with van der Waals surface area (Å²) in [5, 5.41) is 9.48. The summed E-state index contributed by atoms with van der Waals surface area (Å²) in [4.78, 5) is 23.9. The second-order valence-electron chi connectivity index (χ2n) is 9.20. The van der Waals surface area contributed by atoms with Gasteiger partial charge >= 0.3 is 0 Å². The summed E-state index contributed by atoms with van der Waals surface area (Å²) >= 11 is 0. The quantitative estimate of drug-likeness (QED) is 0.435. The van der Waals surface area contributed by atoms with Crippen LogP contribution in [-0.4, -0.2) is 61.4 Å². The van der Waals surface area contributed by atoms with Crippen LogP contribution in [-0.2, 0) is 9.47 Å². The molecule has 2 aliphatic heterocycles. The molecule has 1 amide bonds. The van der Waals surface area contributed by atoms with Gasteiger partial charge in [0.25, 0.3) is 5.91 Å². The van der Waals surface area contributed by atoms with Gasteiger partial charge < -0.3 is 30.3 Å². The van der Waals surface area contributed by atoms with Gasteiger partial charge in [-0.15, -0.1) is 0 Å². The van der Waals surface area contributed by atoms with Gasteiger partial charge in [-0.2, -0.15) is 0 Å². The van der Waals surface area contributed by atoms with Gasteiger partial charge in [-0.25, -0.2) is 9.37 Å². The summed E-state index contributed by atoms with van der Waals surface area (Å²) < 4.78 is 25.1. The zero-order valence-corrected chi connectivity index (χ0v) is 20.8. The number of pyridine rings is 2. The number of benzene rings is 1. The lowest BCUT2D eigenvalue weighted by atomic mass is 10.1. The smallest absolute Gasteiger partial charge is 0.257 e. The number of carbonyl (C=O) groups is 1. The molecule has 1 aromatic carbocycles. The fraction of sp³-hybridized carbons (Fsp3) is 0.370. The van der Waals surface area contributed by atoms with Crippen molar-refractivity contribution in [3.05, 3.63) is 65.9 Å². The normalized spacial score (nSPS) is 16.3. The van der Waals surface area contributed by atoms with Crippen molar-refractivity contribution >= 4 is 34.5 Å². The fourth-order valence-corrected chi connectivity index (χ4v) is 4.45. The Bertz CT molecular complexity index is 1230. The van der Waals surface area contributed by atoms with Crippen molar-refractivity contribution < 1.29 is 18.7 Å². The zero-order chi connectivity index (χ0) is 25.6. The van der Waals surface area contributed by atoms with E-state index in [9.17, 15) is 9.18 Å². The zero-order valence-electron chi connectivity index (χ0n) is 20.8. The third kappa shape index (κ3) is 6.52. The number of ether oxygens (including phenoxy) is 2. The number of morpholine rings is 1. The van der Waals surface area contributed by atoms with Gasteiger partial charge in [0.15, 0.2) is 0 Å². The standard InChI is InChI=1S/C27H31FN6O3/c1-18-25(27(35)33-21-2-3-26(30-16-21)32-20-4-8-36-9-5-20)15-23(17-29-18)31-22-12-19(28)13-24(14-22)34-6-10-37-11-7-34/h2-3,12-17,20,31H,4-11H2,1H3,(H,30,32)(H,33,35). The molecule has 10 heteroatoms. The Balaban J connectivity index is 1.25. The lowest BCUT2D eigenvalue weighted by Gasteiger charge is -2.29. The number of carbonyl (C=O) groups excluding carboxylic acids is 1. The molecule has 0 bridgehead atoms. The van der Waals surface area contributed by atoms with Crippen LogP contribution in [0.5, 0.6) is 0 Å². The van der Waals surface area contributed by atoms with Crippen molar-refractivity contribution in [1.29, 1.82) is 0 Å². The molecule has 9 nitrogen and oxygen atoms in total. The molecule has 2 aliphatic rings. The van der Waals surface area contributed by atoms with Gasteiger partial charge in [-0.05, 0) is 56.2 Å². The highest BCUT2D eigenvalue weighted by molar-refractivity contribution is 6.05. The van der Waals surface area contributed by atoms with E-state index in [0.29, 0.717) is 60.7 Å². The molecule has 2 aromatic heterocycles. The van der Waals surface area contributed by atoms with Crippen molar-refractivity contribution in [2.45, 2.75) is 25.8 Å². The van der Waals surface area contributed by atoms with E-state index in [4.69, 9.17) is 9.47 Å². The minimum absolute atomic E-state index is 0.297. The van der Waals surface area contributed by atoms with Crippen molar-refractivity contribution in [3.8, 4) is 0 Å². The molecular weight excluding hydrogens is 475 g/mol. The Kier molecular flexibility index (Phi) is 7.76. The fourth-order valence-electron chi connectivity index (χ4n) is 4.45. The van der Waals surface area contributed by atoms with Crippen LogP contribution in [0, 0.1) is 12.7 Å². The monoisotopic (exact) mass is 506 g/mol. The number of aryl methyl sites for hydroxylation is 1. The summed E-state index contributed by atoms with van der Waals surface area (Å²) in [5.41, 5.74) is 3.53. The highest BCUT2D eigenvalue weighted by atomic mass is 19.1. The topological polar surface area (TPSA) is 101 Å². The number of hydrogen-bond donors (Lipinski definition) is 3. The summed E-state index contributed by atoms with van der Waals surface area (Å²) in [6.07, 6.45) is 5.15. The largest absolute Gasteiger partial charge is 0.381 e. The predicted molar refractivity (Wildman–Crippen MR) is 141 cm³/mol. The summed E-state index contributed by atoms with van der Waals surface area (Å²) in [6, 6.07) is 10.5. The molecule has 194 valence electrons. The lowest BCUT2D eigenvalue weighted by Crippen LogP contribution is -2.36. The minimum Gasteiger partial charge on any atom is -0.381 e. The first kappa shape index (κ1) is 24.9. The molecule has 2 fully saturated rings. The molecule has 0 saturated carbocycles. The number of rotatable bonds is 7. The molecule has 0 atom stereocenters. The van der Waals surface area contributed by atoms with Crippen LogP contribution in [0.2, 0.25) is 0 Å². The van der Waals surface area contributed by atoms with E-state index in [0.717, 1.165) is 37.6 Å². The first-order chi connectivity index (χ1) is 18.0. The highest BCUT2D eigenvalue weighted by Gasteiger charge is 2.16. The maximum absolute atomic E-state index is 14.4. The third-order valence-corrected chi connectivity index (χ3v) is 6.47. The van der Waals surface area contributed by atoms with Crippen LogP contribution < -0.4 is 20.9 Å². The number of anilines is 5. The molecule has 3 aromatic rings. The third-order valence-electron chi connectivity index (χ3n) is 6.47. The van der Waals surface area contributed by atoms with Gasteiger partial charge in [-0.1, -0.05) is 0 Å². The Hall–Kier alpha value is -3.76. The van der Waals surface area contributed by atoms with E-state index in [1.165, 1.54) is 12.1 Å². The van der Waals surface area contributed by atoms with Gasteiger partial charge in [-0.3, -0.25) is 9.78 Å². The van der Waals surface area contributed by atoms with Crippen LogP contribution in [0.25, 0.3) is 0 Å². The van der Waals surface area contributed by atoms with Gasteiger partial charge in [0.05, 0.1) is 48.2 Å². The molecule has 5 rings (SSSR count). The van der Waals surface area contributed by atoms with E-state index in [1.807, 2.05) is 18.2 Å². The van der Waals surface area contributed by atoms with E-state index >= 15 is 0 Å². The Morgan fingerprint density at radius 3 is 2.46 bits per heavy atom. The maximum Gasteiger partial charge on any atom is 0.257 e. The van der Waals surface area contributed by atoms with Crippen LogP contribution >= 0.6 is 0 Å². The molecule has 0 spiro atoms. The number of aromatic nitrogens is 2. The molecule has 3 N–H and O–H groups in total. The van der Waals surface area contributed by atoms with Crippen molar-refractivity contribution in [1.82, 2.24) is 9.97 Å². The second-order valence-corrected chi connectivity index (χ2v) is 9.20. The van der Waals surface area contributed by atoms with Gasteiger partial charge in [0.2, 0.25) is 0 Å². The summed E-state index contributed by atoms with van der Waals surface area (Å²) in [5.74, 6) is 0.126. The molecule has 0 unspecified atom stereocenters. The summed E-state index contributed by atoms with van der Waals surface area (Å²) in [6.45, 7) is 5.93. The SMILES string of the molecule is Cc1ncc(Nc2cc(F)cc(N3CCOCC3)c2)cc1C(=O)Nc1ccc(NC2CCOCC2)nc1. The molecular formula is C27H31FN6O3. The Morgan fingerprint density at radius 2 is 1.70 bits per heavy atom. The molecule has 37 heavy (non-hydrogen) atoms. The lowest BCUT2D eigenvalue weighted by molar-refractivity contribution is 0.0904. The van der Waals surface area contributed by atoms with E-state index in [2.05, 4.69) is 30.8 Å². The number of amides is 1. The van der Waals surface area contributed by atoms with Crippen molar-refractivity contribution in [2.75, 3.05) is 60.4 Å². The van der Waals surface area contributed by atoms with Crippen LogP contribution in [0.4, 0.5) is 33.0 Å². The van der Waals surface area contributed by atoms with Crippen molar-refractivity contribution in [2.24, 2.45) is 0 Å². The number of hydrogen-bond acceptors (Lipinski definition) is 8. The average molecular weight is 507 g/mol. The van der Waals surface area contributed by atoms with Crippen molar-refractivity contribution in [3.63, 3.8) is 0 Å². The average Bonchev–Trinajstić information content (AvgIpc) is 2.91. The Labute approximate surface area is 215 Å². The van der Waals surface area contributed by atoms with Crippen LogP contribution in [0.15, 0.2) is 48.8 Å². The van der Waals surface area contributed by atoms with E-state index in [-0.39, 0.29) is 11.7 Å². The molecule has 2 saturated heterocycles. The Morgan fingerprint density at radius 1 is 0.946 bits per heavy atom. The van der Waals surface area contributed by atoms with E-state index < -0.39 is 0 Å².